The summed E-state index contributed by atoms with van der Waals surface area (Å²) in [5.41, 5.74) is 0.879. The lowest BCUT2D eigenvalue weighted by molar-refractivity contribution is 0.328. The third kappa shape index (κ3) is 3.38. The van der Waals surface area contributed by atoms with Crippen molar-refractivity contribution in [3.8, 4) is 0 Å². The highest BCUT2D eigenvalue weighted by Gasteiger charge is 2.10. The molecule has 0 aliphatic rings. The lowest BCUT2D eigenvalue weighted by atomic mass is 10.2. The summed E-state index contributed by atoms with van der Waals surface area (Å²) in [6.45, 7) is 1.44. The van der Waals surface area contributed by atoms with E-state index in [1.165, 1.54) is 0 Å². The Morgan fingerprint density at radius 3 is 2.61 bits per heavy atom. The van der Waals surface area contributed by atoms with E-state index < -0.39 is 0 Å². The SMILES string of the molecule is CN(CCc1nn[nH]n1)Cc1c(Cl)cncc1Cl. The molecule has 0 atom stereocenters. The summed E-state index contributed by atoms with van der Waals surface area (Å²) in [7, 11) is 1.98. The Labute approximate surface area is 114 Å². The Bertz CT molecular complexity index is 481. The minimum atomic E-state index is 0.578. The van der Waals surface area contributed by atoms with Crippen molar-refractivity contribution in [2.75, 3.05) is 13.6 Å². The molecular weight excluding hydrogens is 275 g/mol. The number of aromatic nitrogens is 5. The van der Waals surface area contributed by atoms with Crippen molar-refractivity contribution in [2.45, 2.75) is 13.0 Å². The first kappa shape index (κ1) is 13.2. The van der Waals surface area contributed by atoms with E-state index in [0.717, 1.165) is 12.1 Å². The number of hydrogen-bond donors (Lipinski definition) is 1. The summed E-state index contributed by atoms with van der Waals surface area (Å²) in [6.07, 6.45) is 3.90. The maximum Gasteiger partial charge on any atom is 0.175 e. The summed E-state index contributed by atoms with van der Waals surface area (Å²) >= 11 is 12.1. The van der Waals surface area contributed by atoms with Crippen LogP contribution in [-0.4, -0.2) is 44.1 Å². The molecule has 0 aliphatic heterocycles. The van der Waals surface area contributed by atoms with Crippen LogP contribution in [0.1, 0.15) is 11.4 Å². The maximum atomic E-state index is 6.06. The highest BCUT2D eigenvalue weighted by molar-refractivity contribution is 6.35. The molecule has 0 spiro atoms. The van der Waals surface area contributed by atoms with E-state index in [9.17, 15) is 0 Å². The van der Waals surface area contributed by atoms with Crippen molar-refractivity contribution in [1.29, 1.82) is 0 Å². The van der Waals surface area contributed by atoms with Crippen LogP contribution in [0, 0.1) is 0 Å². The van der Waals surface area contributed by atoms with Gasteiger partial charge in [0, 0.05) is 37.5 Å². The zero-order valence-corrected chi connectivity index (χ0v) is 11.3. The summed E-state index contributed by atoms with van der Waals surface area (Å²) in [6, 6.07) is 0. The van der Waals surface area contributed by atoms with Crippen LogP contribution in [0.3, 0.4) is 0 Å². The van der Waals surface area contributed by atoms with E-state index in [0.29, 0.717) is 28.8 Å². The molecule has 18 heavy (non-hydrogen) atoms. The molecular formula is C10H12Cl2N6. The average Bonchev–Trinajstić information content (AvgIpc) is 2.84. The first-order valence-electron chi connectivity index (χ1n) is 5.35. The molecule has 0 amide bonds. The van der Waals surface area contributed by atoms with Gasteiger partial charge >= 0.3 is 0 Å². The second-order valence-corrected chi connectivity index (χ2v) is 4.71. The zero-order valence-electron chi connectivity index (χ0n) is 9.77. The molecule has 0 saturated carbocycles. The molecule has 0 saturated heterocycles. The molecule has 2 aromatic heterocycles. The van der Waals surface area contributed by atoms with Gasteiger partial charge in [-0.2, -0.15) is 5.21 Å². The molecule has 0 aliphatic carbocycles. The average molecular weight is 287 g/mol. The zero-order chi connectivity index (χ0) is 13.0. The molecule has 6 nitrogen and oxygen atoms in total. The molecule has 2 aromatic rings. The number of tetrazole rings is 1. The minimum Gasteiger partial charge on any atom is -0.302 e. The summed E-state index contributed by atoms with van der Waals surface area (Å²) in [5, 5.41) is 14.9. The van der Waals surface area contributed by atoms with Crippen LogP contribution < -0.4 is 0 Å². The maximum absolute atomic E-state index is 6.06. The highest BCUT2D eigenvalue weighted by Crippen LogP contribution is 2.23. The first-order valence-corrected chi connectivity index (χ1v) is 6.11. The van der Waals surface area contributed by atoms with Gasteiger partial charge in [0.1, 0.15) is 0 Å². The van der Waals surface area contributed by atoms with Crippen molar-refractivity contribution in [1.82, 2.24) is 30.5 Å². The lowest BCUT2D eigenvalue weighted by Gasteiger charge is -2.17. The fourth-order valence-electron chi connectivity index (χ4n) is 1.52. The van der Waals surface area contributed by atoms with Crippen LogP contribution in [-0.2, 0) is 13.0 Å². The lowest BCUT2D eigenvalue weighted by Crippen LogP contribution is -2.21. The standard InChI is InChI=1S/C10H12Cl2N6/c1-18(3-2-10-14-16-17-15-10)6-7-8(11)4-13-5-9(7)12/h4-5H,2-3,6H2,1H3,(H,14,15,16,17). The number of nitrogens with zero attached hydrogens (tertiary/aromatic N) is 5. The van der Waals surface area contributed by atoms with Gasteiger partial charge in [0.25, 0.3) is 0 Å². The van der Waals surface area contributed by atoms with Crippen LogP contribution in [0.25, 0.3) is 0 Å². The third-order valence-corrected chi connectivity index (χ3v) is 3.14. The monoisotopic (exact) mass is 286 g/mol. The summed E-state index contributed by atoms with van der Waals surface area (Å²) < 4.78 is 0. The first-order chi connectivity index (χ1) is 8.66. The number of hydrogen-bond acceptors (Lipinski definition) is 5. The Balaban J connectivity index is 1.92. The van der Waals surface area contributed by atoms with Crippen LogP contribution in [0.15, 0.2) is 12.4 Å². The van der Waals surface area contributed by atoms with E-state index >= 15 is 0 Å². The van der Waals surface area contributed by atoms with E-state index in [1.807, 2.05) is 7.05 Å². The number of halogens is 2. The molecule has 0 bridgehead atoms. The Kier molecular flexibility index (Phi) is 4.46. The van der Waals surface area contributed by atoms with Crippen LogP contribution in [0.2, 0.25) is 10.0 Å². The molecule has 0 fully saturated rings. The quantitative estimate of drug-likeness (QED) is 0.904. The molecule has 0 aromatic carbocycles. The number of likely N-dealkylation sites (N-methyl/N-ethyl adjacent to an activating group) is 1. The largest absolute Gasteiger partial charge is 0.302 e. The summed E-state index contributed by atoms with van der Waals surface area (Å²) in [4.78, 5) is 6.01. The fraction of sp³-hybridized carbons (Fsp3) is 0.400. The Hall–Kier alpha value is -1.24. The number of aromatic amines is 1. The number of rotatable bonds is 5. The van der Waals surface area contributed by atoms with Crippen molar-refractivity contribution >= 4 is 23.2 Å². The second kappa shape index (κ2) is 6.08. The fourth-order valence-corrected chi connectivity index (χ4v) is 2.00. The molecule has 96 valence electrons. The van der Waals surface area contributed by atoms with Gasteiger partial charge in [-0.1, -0.05) is 28.4 Å². The van der Waals surface area contributed by atoms with Crippen molar-refractivity contribution < 1.29 is 0 Å². The highest BCUT2D eigenvalue weighted by atomic mass is 35.5. The van der Waals surface area contributed by atoms with Gasteiger partial charge in [-0.05, 0) is 7.05 Å². The second-order valence-electron chi connectivity index (χ2n) is 3.90. The normalized spacial score (nSPS) is 11.1. The predicted octanol–water partition coefficient (Wildman–Crippen LogP) is 1.58. The molecule has 0 unspecified atom stereocenters. The summed E-state index contributed by atoms with van der Waals surface area (Å²) in [5.74, 6) is 0.689. The number of H-pyrrole nitrogens is 1. The molecule has 8 heteroatoms. The van der Waals surface area contributed by atoms with Gasteiger partial charge in [-0.25, -0.2) is 0 Å². The van der Waals surface area contributed by atoms with E-state index in [4.69, 9.17) is 23.2 Å². The van der Waals surface area contributed by atoms with Gasteiger partial charge in [0.05, 0.1) is 10.0 Å². The van der Waals surface area contributed by atoms with E-state index in [-0.39, 0.29) is 0 Å². The molecule has 2 rings (SSSR count). The van der Waals surface area contributed by atoms with Crippen molar-refractivity contribution in [2.24, 2.45) is 0 Å². The van der Waals surface area contributed by atoms with E-state index in [1.54, 1.807) is 12.4 Å². The van der Waals surface area contributed by atoms with Gasteiger partial charge < -0.3 is 4.90 Å². The van der Waals surface area contributed by atoms with Gasteiger partial charge in [0.15, 0.2) is 5.82 Å². The number of pyridine rings is 1. The van der Waals surface area contributed by atoms with Gasteiger partial charge in [-0.3, -0.25) is 4.98 Å². The smallest absolute Gasteiger partial charge is 0.175 e. The molecule has 0 radical (unpaired) electrons. The van der Waals surface area contributed by atoms with Crippen LogP contribution in [0.5, 0.6) is 0 Å². The molecule has 1 N–H and O–H groups in total. The van der Waals surface area contributed by atoms with Crippen molar-refractivity contribution in [3.63, 3.8) is 0 Å². The number of nitrogens with one attached hydrogen (secondary N) is 1. The van der Waals surface area contributed by atoms with E-state index in [2.05, 4.69) is 30.5 Å². The van der Waals surface area contributed by atoms with Gasteiger partial charge in [0.2, 0.25) is 0 Å². The van der Waals surface area contributed by atoms with Crippen molar-refractivity contribution in [3.05, 3.63) is 33.8 Å². The topological polar surface area (TPSA) is 70.6 Å². The van der Waals surface area contributed by atoms with Crippen LogP contribution >= 0.6 is 23.2 Å². The minimum absolute atomic E-state index is 0.578. The Morgan fingerprint density at radius 2 is 2.00 bits per heavy atom. The predicted molar refractivity (Wildman–Crippen MR) is 68.5 cm³/mol. The van der Waals surface area contributed by atoms with Crippen LogP contribution in [0.4, 0.5) is 0 Å². The van der Waals surface area contributed by atoms with Gasteiger partial charge in [-0.15, -0.1) is 10.2 Å². The Morgan fingerprint density at radius 1 is 1.28 bits per heavy atom. The molecule has 2 heterocycles. The third-order valence-electron chi connectivity index (χ3n) is 2.49.